The lowest BCUT2D eigenvalue weighted by Gasteiger charge is -2.40. The van der Waals surface area contributed by atoms with Crippen molar-refractivity contribution in [3.63, 3.8) is 0 Å². The van der Waals surface area contributed by atoms with Crippen molar-refractivity contribution in [2.24, 2.45) is 5.73 Å². The Morgan fingerprint density at radius 2 is 1.83 bits per heavy atom. The van der Waals surface area contributed by atoms with Gasteiger partial charge in [-0.25, -0.2) is 4.39 Å². The maximum absolute atomic E-state index is 14.2. The number of nitrogens with zero attached hydrogens (tertiary/aromatic N) is 2. The molecule has 0 bridgehead atoms. The van der Waals surface area contributed by atoms with E-state index in [2.05, 4.69) is 22.0 Å². The standard InChI is InChI=1S/C25H28FN3O/c1-18-11-20(14-22(26)12-18)23-16-28-15-21(13-19-5-3-2-4-6-19)24(23)29-9-7-25(30,17-27)8-10-29/h2-6,11-12,14-16,30H,7-10,13,17,27H2,1H3. The molecule has 0 unspecified atom stereocenters. The lowest BCUT2D eigenvalue weighted by atomic mass is 9.89. The molecule has 0 atom stereocenters. The van der Waals surface area contributed by atoms with Gasteiger partial charge in [-0.3, -0.25) is 4.98 Å². The van der Waals surface area contributed by atoms with Gasteiger partial charge in [0.15, 0.2) is 0 Å². The van der Waals surface area contributed by atoms with Gasteiger partial charge in [0.05, 0.1) is 11.3 Å². The van der Waals surface area contributed by atoms with E-state index in [1.54, 1.807) is 6.07 Å². The minimum atomic E-state index is -0.807. The van der Waals surface area contributed by atoms with E-state index in [0.717, 1.165) is 34.4 Å². The van der Waals surface area contributed by atoms with Crippen LogP contribution in [0.3, 0.4) is 0 Å². The van der Waals surface area contributed by atoms with E-state index >= 15 is 0 Å². The predicted molar refractivity (Wildman–Crippen MR) is 119 cm³/mol. The number of halogens is 1. The second kappa shape index (κ2) is 8.54. The van der Waals surface area contributed by atoms with Crippen molar-refractivity contribution in [3.05, 3.63) is 83.4 Å². The van der Waals surface area contributed by atoms with Crippen LogP contribution in [0, 0.1) is 12.7 Å². The van der Waals surface area contributed by atoms with Gasteiger partial charge >= 0.3 is 0 Å². The number of aliphatic hydroxyl groups is 1. The van der Waals surface area contributed by atoms with E-state index in [-0.39, 0.29) is 12.4 Å². The zero-order chi connectivity index (χ0) is 21.1. The molecule has 4 nitrogen and oxygen atoms in total. The molecule has 0 spiro atoms. The third-order valence-electron chi connectivity index (χ3n) is 5.97. The molecule has 1 aromatic heterocycles. The fourth-order valence-electron chi connectivity index (χ4n) is 4.27. The number of pyridine rings is 1. The molecule has 1 saturated heterocycles. The molecule has 3 aromatic rings. The molecule has 3 N–H and O–H groups in total. The first-order valence-corrected chi connectivity index (χ1v) is 10.4. The topological polar surface area (TPSA) is 62.4 Å². The molecular weight excluding hydrogens is 377 g/mol. The lowest BCUT2D eigenvalue weighted by Crippen LogP contribution is -2.49. The van der Waals surface area contributed by atoms with Gasteiger partial charge in [-0.1, -0.05) is 36.4 Å². The van der Waals surface area contributed by atoms with E-state index in [9.17, 15) is 9.50 Å². The minimum absolute atomic E-state index is 0.249. The molecule has 5 heteroatoms. The fourth-order valence-corrected chi connectivity index (χ4v) is 4.27. The first kappa shape index (κ1) is 20.5. The zero-order valence-electron chi connectivity index (χ0n) is 17.3. The summed E-state index contributed by atoms with van der Waals surface area (Å²) in [6.07, 6.45) is 5.68. The second-order valence-corrected chi connectivity index (χ2v) is 8.29. The molecule has 1 fully saturated rings. The van der Waals surface area contributed by atoms with E-state index in [0.29, 0.717) is 25.9 Å². The highest BCUT2D eigenvalue weighted by atomic mass is 19.1. The summed E-state index contributed by atoms with van der Waals surface area (Å²) in [5.74, 6) is -0.249. The summed E-state index contributed by atoms with van der Waals surface area (Å²) >= 11 is 0. The number of anilines is 1. The molecule has 2 heterocycles. The summed E-state index contributed by atoms with van der Waals surface area (Å²) in [5, 5.41) is 10.6. The third-order valence-corrected chi connectivity index (χ3v) is 5.97. The highest BCUT2D eigenvalue weighted by Gasteiger charge is 2.32. The van der Waals surface area contributed by atoms with Crippen LogP contribution in [0.15, 0.2) is 60.9 Å². The van der Waals surface area contributed by atoms with Gasteiger partial charge < -0.3 is 15.7 Å². The van der Waals surface area contributed by atoms with Gasteiger partial charge in [-0.05, 0) is 54.2 Å². The van der Waals surface area contributed by atoms with Crippen LogP contribution in [0.25, 0.3) is 11.1 Å². The molecule has 156 valence electrons. The summed E-state index contributed by atoms with van der Waals surface area (Å²) in [4.78, 5) is 6.79. The first-order chi connectivity index (χ1) is 14.5. The van der Waals surface area contributed by atoms with Crippen molar-refractivity contribution < 1.29 is 9.50 Å². The normalized spacial score (nSPS) is 15.9. The van der Waals surface area contributed by atoms with Crippen molar-refractivity contribution in [1.29, 1.82) is 0 Å². The summed E-state index contributed by atoms with van der Waals surface area (Å²) in [6, 6.07) is 15.4. The molecule has 2 aromatic carbocycles. The molecule has 0 aliphatic carbocycles. The van der Waals surface area contributed by atoms with Crippen LogP contribution in [-0.2, 0) is 6.42 Å². The first-order valence-electron chi connectivity index (χ1n) is 10.4. The second-order valence-electron chi connectivity index (χ2n) is 8.29. The number of benzene rings is 2. The average molecular weight is 406 g/mol. The number of hydrogen-bond acceptors (Lipinski definition) is 4. The van der Waals surface area contributed by atoms with Crippen LogP contribution in [0.4, 0.5) is 10.1 Å². The predicted octanol–water partition coefficient (Wildman–Crippen LogP) is 4.08. The number of hydrogen-bond donors (Lipinski definition) is 2. The zero-order valence-corrected chi connectivity index (χ0v) is 17.3. The number of rotatable bonds is 5. The Balaban J connectivity index is 1.79. The Morgan fingerprint density at radius 1 is 1.10 bits per heavy atom. The van der Waals surface area contributed by atoms with Crippen LogP contribution >= 0.6 is 0 Å². The van der Waals surface area contributed by atoms with E-state index in [4.69, 9.17) is 5.73 Å². The van der Waals surface area contributed by atoms with E-state index in [1.165, 1.54) is 11.6 Å². The smallest absolute Gasteiger partial charge is 0.124 e. The minimum Gasteiger partial charge on any atom is -0.388 e. The Hall–Kier alpha value is -2.76. The summed E-state index contributed by atoms with van der Waals surface area (Å²) in [6.45, 7) is 3.56. The number of nitrogens with two attached hydrogens (primary N) is 1. The average Bonchev–Trinajstić information content (AvgIpc) is 2.74. The fraction of sp³-hybridized carbons (Fsp3) is 0.320. The molecule has 1 aliphatic heterocycles. The van der Waals surface area contributed by atoms with Crippen LogP contribution in [-0.4, -0.2) is 35.3 Å². The Labute approximate surface area is 177 Å². The molecule has 0 saturated carbocycles. The summed E-state index contributed by atoms with van der Waals surface area (Å²) in [5.41, 5.74) is 11.0. The Bertz CT molecular complexity index is 994. The van der Waals surface area contributed by atoms with Crippen LogP contribution in [0.1, 0.15) is 29.5 Å². The largest absolute Gasteiger partial charge is 0.388 e. The summed E-state index contributed by atoms with van der Waals surface area (Å²) < 4.78 is 14.2. The highest BCUT2D eigenvalue weighted by molar-refractivity contribution is 5.81. The highest BCUT2D eigenvalue weighted by Crippen LogP contribution is 2.37. The number of aromatic nitrogens is 1. The van der Waals surface area contributed by atoms with Crippen molar-refractivity contribution in [2.75, 3.05) is 24.5 Å². The van der Waals surface area contributed by atoms with Gasteiger partial charge in [0, 0.05) is 44.0 Å². The van der Waals surface area contributed by atoms with Crippen molar-refractivity contribution in [2.45, 2.75) is 31.8 Å². The van der Waals surface area contributed by atoms with E-state index in [1.807, 2.05) is 43.6 Å². The van der Waals surface area contributed by atoms with Crippen molar-refractivity contribution >= 4 is 5.69 Å². The van der Waals surface area contributed by atoms with Crippen LogP contribution in [0.2, 0.25) is 0 Å². The van der Waals surface area contributed by atoms with E-state index < -0.39 is 5.60 Å². The van der Waals surface area contributed by atoms with Crippen LogP contribution in [0.5, 0.6) is 0 Å². The van der Waals surface area contributed by atoms with Crippen LogP contribution < -0.4 is 10.6 Å². The third kappa shape index (κ3) is 4.37. The van der Waals surface area contributed by atoms with Gasteiger partial charge in [0.1, 0.15) is 5.82 Å². The Kier molecular flexibility index (Phi) is 5.84. The monoisotopic (exact) mass is 405 g/mol. The SMILES string of the molecule is Cc1cc(F)cc(-c2cncc(Cc3ccccc3)c2N2CCC(O)(CN)CC2)c1. The van der Waals surface area contributed by atoms with Gasteiger partial charge in [0.25, 0.3) is 0 Å². The van der Waals surface area contributed by atoms with Gasteiger partial charge in [-0.15, -0.1) is 0 Å². The molecule has 30 heavy (non-hydrogen) atoms. The maximum Gasteiger partial charge on any atom is 0.124 e. The van der Waals surface area contributed by atoms with Gasteiger partial charge in [0.2, 0.25) is 0 Å². The molecule has 4 rings (SSSR count). The van der Waals surface area contributed by atoms with Crippen molar-refractivity contribution in [3.8, 4) is 11.1 Å². The molecule has 0 amide bonds. The van der Waals surface area contributed by atoms with Gasteiger partial charge in [-0.2, -0.15) is 0 Å². The van der Waals surface area contributed by atoms with Crippen molar-refractivity contribution in [1.82, 2.24) is 4.98 Å². The quantitative estimate of drug-likeness (QED) is 0.672. The number of piperidine rings is 1. The molecule has 0 radical (unpaired) electrons. The molecular formula is C25H28FN3O. The summed E-state index contributed by atoms with van der Waals surface area (Å²) in [7, 11) is 0. The molecule has 1 aliphatic rings. The lowest BCUT2D eigenvalue weighted by molar-refractivity contribution is 0.0250. The maximum atomic E-state index is 14.2. The number of aryl methyl sites for hydroxylation is 1. The Morgan fingerprint density at radius 3 is 2.50 bits per heavy atom.